The highest BCUT2D eigenvalue weighted by atomic mass is 19.1. The fraction of sp³-hybridized carbons (Fsp3) is 0.308. The van der Waals surface area contributed by atoms with Gasteiger partial charge in [0, 0.05) is 24.4 Å². The van der Waals surface area contributed by atoms with Crippen LogP contribution in [-0.2, 0) is 13.5 Å². The molecule has 0 radical (unpaired) electrons. The minimum absolute atomic E-state index is 0.151. The van der Waals surface area contributed by atoms with Gasteiger partial charge in [0.1, 0.15) is 11.6 Å². The van der Waals surface area contributed by atoms with Crippen molar-refractivity contribution >= 4 is 0 Å². The predicted molar refractivity (Wildman–Crippen MR) is 65.0 cm³/mol. The predicted octanol–water partition coefficient (Wildman–Crippen LogP) is 2.31. The van der Waals surface area contributed by atoms with E-state index in [0.717, 1.165) is 29.5 Å². The van der Waals surface area contributed by atoms with Crippen molar-refractivity contribution in [3.63, 3.8) is 0 Å². The Hall–Kier alpha value is -1.75. The van der Waals surface area contributed by atoms with Crippen LogP contribution in [0, 0.1) is 11.6 Å². The topological polar surface area (TPSA) is 43.8 Å². The lowest BCUT2D eigenvalue weighted by molar-refractivity contribution is 0.576. The molecule has 0 saturated heterocycles. The van der Waals surface area contributed by atoms with Gasteiger partial charge in [-0.2, -0.15) is 5.10 Å². The molecule has 0 fully saturated rings. The Morgan fingerprint density at radius 3 is 2.72 bits per heavy atom. The summed E-state index contributed by atoms with van der Waals surface area (Å²) in [7, 11) is 1.78. The highest BCUT2D eigenvalue weighted by Gasteiger charge is 2.19. The van der Waals surface area contributed by atoms with Gasteiger partial charge in [0.2, 0.25) is 0 Å². The maximum atomic E-state index is 13.7. The monoisotopic (exact) mass is 251 g/mol. The molecule has 1 aromatic carbocycles. The van der Waals surface area contributed by atoms with Crippen molar-refractivity contribution in [1.82, 2.24) is 9.78 Å². The normalized spacial score (nSPS) is 12.7. The largest absolute Gasteiger partial charge is 0.320 e. The van der Waals surface area contributed by atoms with Gasteiger partial charge in [0.05, 0.1) is 11.7 Å². The second-order valence-electron chi connectivity index (χ2n) is 4.20. The van der Waals surface area contributed by atoms with Crippen molar-refractivity contribution in [2.24, 2.45) is 12.8 Å². The fourth-order valence-corrected chi connectivity index (χ4v) is 2.01. The number of rotatable bonds is 3. The summed E-state index contributed by atoms with van der Waals surface area (Å²) in [5.41, 5.74) is 7.69. The lowest BCUT2D eigenvalue weighted by atomic mass is 9.98. The first-order chi connectivity index (χ1) is 8.52. The molecule has 5 heteroatoms. The number of hydrogen-bond acceptors (Lipinski definition) is 2. The van der Waals surface area contributed by atoms with E-state index in [4.69, 9.17) is 5.73 Å². The summed E-state index contributed by atoms with van der Waals surface area (Å²) in [5, 5.41) is 4.25. The van der Waals surface area contributed by atoms with Gasteiger partial charge in [-0.25, -0.2) is 8.78 Å². The van der Waals surface area contributed by atoms with E-state index in [1.807, 2.05) is 6.92 Å². The number of benzene rings is 1. The smallest absolute Gasteiger partial charge is 0.128 e. The molecule has 0 spiro atoms. The van der Waals surface area contributed by atoms with Gasteiger partial charge in [-0.3, -0.25) is 4.68 Å². The summed E-state index contributed by atoms with van der Waals surface area (Å²) < 4.78 is 28.5. The summed E-state index contributed by atoms with van der Waals surface area (Å²) in [6, 6.07) is 2.60. The average Bonchev–Trinajstić information content (AvgIpc) is 2.72. The lowest BCUT2D eigenvalue weighted by Crippen LogP contribution is -2.15. The number of aryl methyl sites for hydroxylation is 2. The van der Waals surface area contributed by atoms with Crippen LogP contribution in [0.4, 0.5) is 8.78 Å². The van der Waals surface area contributed by atoms with Crippen LogP contribution in [0.5, 0.6) is 0 Å². The summed E-state index contributed by atoms with van der Waals surface area (Å²) in [4.78, 5) is 0. The molecule has 2 rings (SSSR count). The molecule has 1 unspecified atom stereocenters. The Bertz CT molecular complexity index is 563. The Morgan fingerprint density at radius 2 is 2.06 bits per heavy atom. The quantitative estimate of drug-likeness (QED) is 0.909. The minimum Gasteiger partial charge on any atom is -0.320 e. The Morgan fingerprint density at radius 1 is 1.33 bits per heavy atom. The highest BCUT2D eigenvalue weighted by molar-refractivity contribution is 5.34. The number of nitrogens with zero attached hydrogens (tertiary/aromatic N) is 2. The van der Waals surface area contributed by atoms with Crippen molar-refractivity contribution < 1.29 is 8.78 Å². The van der Waals surface area contributed by atoms with E-state index in [0.29, 0.717) is 6.42 Å². The molecule has 2 aromatic rings. The number of halogens is 2. The zero-order chi connectivity index (χ0) is 13.3. The van der Waals surface area contributed by atoms with Crippen LogP contribution in [0.3, 0.4) is 0 Å². The van der Waals surface area contributed by atoms with Crippen LogP contribution in [0.15, 0.2) is 24.4 Å². The standard InChI is InChI=1S/C13H15F2N3/c1-3-12-10(7-18(2)17-12)13(16)9-6-8(14)4-5-11(9)15/h4-7,13H,3,16H2,1-2H3. The molecule has 96 valence electrons. The van der Waals surface area contributed by atoms with Gasteiger partial charge in [0.25, 0.3) is 0 Å². The molecule has 1 atom stereocenters. The first kappa shape index (κ1) is 12.7. The summed E-state index contributed by atoms with van der Waals surface area (Å²) in [6.07, 6.45) is 2.44. The molecule has 0 aliphatic carbocycles. The Balaban J connectivity index is 2.46. The molecule has 1 aromatic heterocycles. The SMILES string of the molecule is CCc1nn(C)cc1C(N)c1cc(F)ccc1F. The molecule has 1 heterocycles. The Kier molecular flexibility index (Phi) is 3.43. The third-order valence-corrected chi connectivity index (χ3v) is 2.90. The molecule has 0 amide bonds. The molecule has 0 bridgehead atoms. The lowest BCUT2D eigenvalue weighted by Gasteiger charge is -2.12. The van der Waals surface area contributed by atoms with Crippen molar-refractivity contribution in [3.8, 4) is 0 Å². The maximum absolute atomic E-state index is 13.7. The first-order valence-corrected chi connectivity index (χ1v) is 5.76. The van der Waals surface area contributed by atoms with E-state index < -0.39 is 17.7 Å². The number of aromatic nitrogens is 2. The van der Waals surface area contributed by atoms with Crippen LogP contribution >= 0.6 is 0 Å². The van der Waals surface area contributed by atoms with Crippen molar-refractivity contribution in [2.75, 3.05) is 0 Å². The van der Waals surface area contributed by atoms with Gasteiger partial charge < -0.3 is 5.73 Å². The summed E-state index contributed by atoms with van der Waals surface area (Å²) in [6.45, 7) is 1.94. The van der Waals surface area contributed by atoms with Crippen molar-refractivity contribution in [2.45, 2.75) is 19.4 Å². The number of hydrogen-bond donors (Lipinski definition) is 1. The van der Waals surface area contributed by atoms with E-state index in [1.165, 1.54) is 0 Å². The fourth-order valence-electron chi connectivity index (χ4n) is 2.01. The van der Waals surface area contributed by atoms with Gasteiger partial charge in [0.15, 0.2) is 0 Å². The maximum Gasteiger partial charge on any atom is 0.128 e. The third kappa shape index (κ3) is 2.26. The zero-order valence-electron chi connectivity index (χ0n) is 10.3. The second kappa shape index (κ2) is 4.86. The van der Waals surface area contributed by atoms with Crippen LogP contribution in [0.2, 0.25) is 0 Å². The van der Waals surface area contributed by atoms with Crippen LogP contribution in [-0.4, -0.2) is 9.78 Å². The zero-order valence-corrected chi connectivity index (χ0v) is 10.3. The van der Waals surface area contributed by atoms with Crippen LogP contribution in [0.1, 0.15) is 29.8 Å². The van der Waals surface area contributed by atoms with E-state index in [9.17, 15) is 8.78 Å². The number of nitrogens with two attached hydrogens (primary N) is 1. The Labute approximate surface area is 104 Å². The first-order valence-electron chi connectivity index (χ1n) is 5.76. The van der Waals surface area contributed by atoms with Crippen molar-refractivity contribution in [3.05, 3.63) is 52.9 Å². The van der Waals surface area contributed by atoms with Gasteiger partial charge >= 0.3 is 0 Å². The average molecular weight is 251 g/mol. The molecule has 3 nitrogen and oxygen atoms in total. The minimum atomic E-state index is -0.704. The molecular formula is C13H15F2N3. The van der Waals surface area contributed by atoms with Gasteiger partial charge in [-0.05, 0) is 24.6 Å². The second-order valence-corrected chi connectivity index (χ2v) is 4.20. The van der Waals surface area contributed by atoms with E-state index in [1.54, 1.807) is 17.9 Å². The molecule has 0 saturated carbocycles. The molecule has 0 aliphatic rings. The summed E-state index contributed by atoms with van der Waals surface area (Å²) in [5.74, 6) is -1.00. The van der Waals surface area contributed by atoms with E-state index in [2.05, 4.69) is 5.10 Å². The highest BCUT2D eigenvalue weighted by Crippen LogP contribution is 2.25. The van der Waals surface area contributed by atoms with Crippen LogP contribution < -0.4 is 5.73 Å². The third-order valence-electron chi connectivity index (χ3n) is 2.90. The van der Waals surface area contributed by atoms with E-state index >= 15 is 0 Å². The molecular weight excluding hydrogens is 236 g/mol. The molecule has 2 N–H and O–H groups in total. The van der Waals surface area contributed by atoms with E-state index in [-0.39, 0.29) is 5.56 Å². The molecule has 0 aliphatic heterocycles. The summed E-state index contributed by atoms with van der Waals surface area (Å²) >= 11 is 0. The van der Waals surface area contributed by atoms with Crippen LogP contribution in [0.25, 0.3) is 0 Å². The van der Waals surface area contributed by atoms with Crippen molar-refractivity contribution in [1.29, 1.82) is 0 Å². The van der Waals surface area contributed by atoms with Gasteiger partial charge in [-0.1, -0.05) is 6.92 Å². The molecule has 18 heavy (non-hydrogen) atoms. The van der Waals surface area contributed by atoms with Gasteiger partial charge in [-0.15, -0.1) is 0 Å².